The maximum absolute atomic E-state index is 12.5. The van der Waals surface area contributed by atoms with Gasteiger partial charge in [0.15, 0.2) is 17.3 Å². The summed E-state index contributed by atoms with van der Waals surface area (Å²) in [7, 11) is 4.62. The molecule has 2 aromatic rings. The molecule has 0 bridgehead atoms. The van der Waals surface area contributed by atoms with E-state index >= 15 is 0 Å². The van der Waals surface area contributed by atoms with Gasteiger partial charge in [0.1, 0.15) is 11.5 Å². The van der Waals surface area contributed by atoms with Gasteiger partial charge < -0.3 is 23.7 Å². The second-order valence-electron chi connectivity index (χ2n) is 5.22. The molecule has 0 aliphatic carbocycles. The summed E-state index contributed by atoms with van der Waals surface area (Å²) in [5.41, 5.74) is 1.18. The number of hydrogen-bond donors (Lipinski definition) is 0. The van der Waals surface area contributed by atoms with Crippen LogP contribution < -0.4 is 23.7 Å². The molecule has 0 radical (unpaired) electrons. The van der Waals surface area contributed by atoms with E-state index in [1.54, 1.807) is 50.6 Å². The summed E-state index contributed by atoms with van der Waals surface area (Å²) in [6, 6.07) is 8.65. The first kappa shape index (κ1) is 16.7. The van der Waals surface area contributed by atoms with Crippen LogP contribution in [-0.4, -0.2) is 33.9 Å². The van der Waals surface area contributed by atoms with E-state index < -0.39 is 0 Å². The molecule has 1 aliphatic heterocycles. The lowest BCUT2D eigenvalue weighted by Crippen LogP contribution is -1.99. The maximum Gasteiger partial charge on any atom is 0.231 e. The minimum absolute atomic E-state index is 0.152. The van der Waals surface area contributed by atoms with Gasteiger partial charge in [-0.3, -0.25) is 4.79 Å². The molecule has 130 valence electrons. The fraction of sp³-hybridized carbons (Fsp3) is 0.211. The Morgan fingerprint density at radius 1 is 1.00 bits per heavy atom. The normalized spacial score (nSPS) is 12.3. The molecule has 0 saturated carbocycles. The van der Waals surface area contributed by atoms with Gasteiger partial charge in [-0.15, -0.1) is 0 Å². The first-order chi connectivity index (χ1) is 12.2. The first-order valence-electron chi connectivity index (χ1n) is 7.58. The largest absolute Gasteiger partial charge is 0.497 e. The molecule has 6 heteroatoms. The number of ether oxygens (including phenoxy) is 5. The molecule has 0 saturated heterocycles. The Morgan fingerprint density at radius 2 is 1.80 bits per heavy atom. The van der Waals surface area contributed by atoms with Crippen molar-refractivity contribution >= 4 is 11.9 Å². The molecule has 0 N–H and O–H groups in total. The van der Waals surface area contributed by atoms with Crippen LogP contribution in [0.4, 0.5) is 0 Å². The van der Waals surface area contributed by atoms with Crippen LogP contribution in [-0.2, 0) is 0 Å². The van der Waals surface area contributed by atoms with E-state index in [9.17, 15) is 4.79 Å². The average molecular weight is 342 g/mol. The molecule has 2 aromatic carbocycles. The Morgan fingerprint density at radius 3 is 2.52 bits per heavy atom. The van der Waals surface area contributed by atoms with Gasteiger partial charge >= 0.3 is 0 Å². The van der Waals surface area contributed by atoms with Crippen molar-refractivity contribution in [3.63, 3.8) is 0 Å². The number of allylic oxidation sites excluding steroid dienone is 1. The molecule has 0 aromatic heterocycles. The monoisotopic (exact) mass is 342 g/mol. The summed E-state index contributed by atoms with van der Waals surface area (Å²) < 4.78 is 26.5. The van der Waals surface area contributed by atoms with Crippen molar-refractivity contribution in [2.75, 3.05) is 28.1 Å². The van der Waals surface area contributed by atoms with Crippen LogP contribution in [0, 0.1) is 0 Å². The van der Waals surface area contributed by atoms with Gasteiger partial charge in [0.05, 0.1) is 26.9 Å². The number of carbonyl (C=O) groups is 1. The number of fused-ring (bicyclic) bond motifs is 1. The summed E-state index contributed by atoms with van der Waals surface area (Å²) in [5, 5.41) is 0. The third-order valence-electron chi connectivity index (χ3n) is 3.78. The summed E-state index contributed by atoms with van der Waals surface area (Å²) in [6.07, 6.45) is 3.15. The predicted molar refractivity (Wildman–Crippen MR) is 92.0 cm³/mol. The van der Waals surface area contributed by atoms with Crippen LogP contribution in [0.5, 0.6) is 28.7 Å². The van der Waals surface area contributed by atoms with Gasteiger partial charge in [0.25, 0.3) is 0 Å². The fourth-order valence-electron chi connectivity index (χ4n) is 2.51. The van der Waals surface area contributed by atoms with Crippen LogP contribution in [0.1, 0.15) is 15.9 Å². The van der Waals surface area contributed by atoms with E-state index in [1.165, 1.54) is 13.2 Å². The van der Waals surface area contributed by atoms with Crippen LogP contribution in [0.2, 0.25) is 0 Å². The second kappa shape index (κ2) is 7.17. The highest BCUT2D eigenvalue weighted by atomic mass is 16.7. The summed E-state index contributed by atoms with van der Waals surface area (Å²) in [5.74, 6) is 2.58. The second-order valence-corrected chi connectivity index (χ2v) is 5.22. The summed E-state index contributed by atoms with van der Waals surface area (Å²) in [6.45, 7) is 0.152. The topological polar surface area (TPSA) is 63.2 Å². The van der Waals surface area contributed by atoms with Crippen LogP contribution in [0.15, 0.2) is 36.4 Å². The van der Waals surface area contributed by atoms with Crippen molar-refractivity contribution in [2.45, 2.75) is 0 Å². The zero-order chi connectivity index (χ0) is 17.8. The van der Waals surface area contributed by atoms with E-state index in [0.29, 0.717) is 34.3 Å². The maximum atomic E-state index is 12.5. The Hall–Kier alpha value is -3.15. The van der Waals surface area contributed by atoms with Crippen LogP contribution >= 0.6 is 0 Å². The van der Waals surface area contributed by atoms with Crippen LogP contribution in [0.3, 0.4) is 0 Å². The van der Waals surface area contributed by atoms with E-state index in [-0.39, 0.29) is 12.6 Å². The van der Waals surface area contributed by atoms with Gasteiger partial charge in [-0.2, -0.15) is 0 Å². The minimum atomic E-state index is -0.201. The van der Waals surface area contributed by atoms with Crippen molar-refractivity contribution in [3.05, 3.63) is 47.5 Å². The zero-order valence-corrected chi connectivity index (χ0v) is 14.2. The van der Waals surface area contributed by atoms with Crippen molar-refractivity contribution in [1.29, 1.82) is 0 Å². The number of benzene rings is 2. The molecule has 1 heterocycles. The van der Waals surface area contributed by atoms with Crippen molar-refractivity contribution in [3.8, 4) is 28.7 Å². The van der Waals surface area contributed by atoms with E-state index in [2.05, 4.69) is 0 Å². The SMILES string of the molecule is COc1ccc(OC)c(C(=O)/C=C/c2cc(OC)c3c(c2)OCO3)c1. The van der Waals surface area contributed by atoms with Gasteiger partial charge in [-0.1, -0.05) is 6.08 Å². The molecule has 0 spiro atoms. The fourth-order valence-corrected chi connectivity index (χ4v) is 2.51. The molecule has 25 heavy (non-hydrogen) atoms. The molecular weight excluding hydrogens is 324 g/mol. The smallest absolute Gasteiger partial charge is 0.231 e. The standard InChI is InChI=1S/C19H18O6/c1-21-13-5-7-16(22-2)14(10-13)15(20)6-4-12-8-17(23-3)19-18(9-12)24-11-25-19/h4-10H,11H2,1-3H3/b6-4+. The van der Waals surface area contributed by atoms with Crippen molar-refractivity contribution < 1.29 is 28.5 Å². The number of methoxy groups -OCH3 is 3. The third-order valence-corrected chi connectivity index (χ3v) is 3.78. The molecule has 0 atom stereocenters. The molecule has 3 rings (SSSR count). The Labute approximate surface area is 145 Å². The lowest BCUT2D eigenvalue weighted by Gasteiger charge is -2.08. The summed E-state index contributed by atoms with van der Waals surface area (Å²) >= 11 is 0. The molecular formula is C19H18O6. The van der Waals surface area contributed by atoms with Crippen LogP contribution in [0.25, 0.3) is 6.08 Å². The summed E-state index contributed by atoms with van der Waals surface area (Å²) in [4.78, 5) is 12.5. The number of hydrogen-bond acceptors (Lipinski definition) is 6. The van der Waals surface area contributed by atoms with E-state index in [1.807, 2.05) is 0 Å². The third kappa shape index (κ3) is 3.38. The Kier molecular flexibility index (Phi) is 4.79. The van der Waals surface area contributed by atoms with Gasteiger partial charge in [0.2, 0.25) is 12.5 Å². The number of carbonyl (C=O) groups excluding carboxylic acids is 1. The quantitative estimate of drug-likeness (QED) is 0.593. The molecule has 0 unspecified atom stereocenters. The average Bonchev–Trinajstić information content (AvgIpc) is 3.13. The van der Waals surface area contributed by atoms with Crippen molar-refractivity contribution in [1.82, 2.24) is 0 Å². The zero-order valence-electron chi connectivity index (χ0n) is 14.2. The Balaban J connectivity index is 1.89. The highest BCUT2D eigenvalue weighted by Crippen LogP contribution is 2.42. The molecule has 0 fully saturated rings. The van der Waals surface area contributed by atoms with E-state index in [0.717, 1.165) is 5.56 Å². The number of rotatable bonds is 6. The first-order valence-corrected chi connectivity index (χ1v) is 7.58. The molecule has 6 nitrogen and oxygen atoms in total. The lowest BCUT2D eigenvalue weighted by atomic mass is 10.1. The molecule has 0 amide bonds. The lowest BCUT2D eigenvalue weighted by molar-refractivity contribution is 0.104. The van der Waals surface area contributed by atoms with Crippen molar-refractivity contribution in [2.24, 2.45) is 0 Å². The predicted octanol–water partition coefficient (Wildman–Crippen LogP) is 3.34. The highest BCUT2D eigenvalue weighted by Gasteiger charge is 2.19. The van der Waals surface area contributed by atoms with Gasteiger partial charge in [-0.05, 0) is 42.0 Å². The molecule has 1 aliphatic rings. The van der Waals surface area contributed by atoms with Gasteiger partial charge in [0, 0.05) is 0 Å². The number of ketones is 1. The van der Waals surface area contributed by atoms with Gasteiger partial charge in [-0.25, -0.2) is 0 Å². The Bertz CT molecular complexity index is 825. The minimum Gasteiger partial charge on any atom is -0.497 e. The van der Waals surface area contributed by atoms with E-state index in [4.69, 9.17) is 23.7 Å². The highest BCUT2D eigenvalue weighted by molar-refractivity contribution is 6.09.